The zero-order valence-electron chi connectivity index (χ0n) is 12.7. The third-order valence-corrected chi connectivity index (χ3v) is 3.93. The molecule has 0 radical (unpaired) electrons. The monoisotopic (exact) mass is 342 g/mol. The molecule has 1 saturated heterocycles. The average molecular weight is 343 g/mol. The average Bonchev–Trinajstić information content (AvgIpc) is 3.08. The summed E-state index contributed by atoms with van der Waals surface area (Å²) >= 11 is 5.97. The largest absolute Gasteiger partial charge is 0.473 e. The maximum Gasteiger partial charge on any atom is 0.214 e. The van der Waals surface area contributed by atoms with E-state index in [2.05, 4.69) is 30.6 Å². The van der Waals surface area contributed by atoms with Crippen molar-refractivity contribution in [2.75, 3.05) is 18.4 Å². The molecule has 7 nitrogen and oxygen atoms in total. The number of rotatable bonds is 4. The van der Waals surface area contributed by atoms with E-state index in [1.165, 1.54) is 6.33 Å². The number of ether oxygens (including phenoxy) is 1. The number of pyridine rings is 2. The minimum atomic E-state index is 0.146. The van der Waals surface area contributed by atoms with Crippen LogP contribution in [-0.4, -0.2) is 39.1 Å². The molecular formula is C16H15ClN6O. The van der Waals surface area contributed by atoms with Gasteiger partial charge in [0, 0.05) is 18.8 Å². The van der Waals surface area contributed by atoms with E-state index in [0.29, 0.717) is 22.2 Å². The van der Waals surface area contributed by atoms with E-state index < -0.39 is 0 Å². The Labute approximate surface area is 143 Å². The van der Waals surface area contributed by atoms with Gasteiger partial charge in [0.15, 0.2) is 5.82 Å². The first kappa shape index (κ1) is 15.0. The highest BCUT2D eigenvalue weighted by Crippen LogP contribution is 2.25. The highest BCUT2D eigenvalue weighted by atomic mass is 35.5. The molecule has 122 valence electrons. The summed E-state index contributed by atoms with van der Waals surface area (Å²) in [6.45, 7) is 1.81. The molecule has 4 rings (SSSR count). The van der Waals surface area contributed by atoms with Crippen LogP contribution in [-0.2, 0) is 0 Å². The van der Waals surface area contributed by atoms with Crippen molar-refractivity contribution in [3.05, 3.63) is 41.9 Å². The number of hydrogen-bond acceptors (Lipinski definition) is 7. The van der Waals surface area contributed by atoms with Crippen molar-refractivity contribution >= 4 is 34.1 Å². The van der Waals surface area contributed by atoms with Crippen LogP contribution in [0.1, 0.15) is 6.42 Å². The fourth-order valence-electron chi connectivity index (χ4n) is 2.60. The fraction of sp³-hybridized carbons (Fsp3) is 0.250. The molecule has 0 aromatic carbocycles. The van der Waals surface area contributed by atoms with Crippen molar-refractivity contribution in [1.29, 1.82) is 0 Å². The van der Waals surface area contributed by atoms with E-state index in [1.807, 2.05) is 12.1 Å². The molecule has 1 aliphatic rings. The lowest BCUT2D eigenvalue weighted by atomic mass is 10.3. The Morgan fingerprint density at radius 2 is 2.21 bits per heavy atom. The van der Waals surface area contributed by atoms with Gasteiger partial charge in [-0.3, -0.25) is 4.98 Å². The van der Waals surface area contributed by atoms with Crippen LogP contribution >= 0.6 is 11.6 Å². The highest BCUT2D eigenvalue weighted by Gasteiger charge is 2.17. The van der Waals surface area contributed by atoms with E-state index >= 15 is 0 Å². The number of nitrogens with one attached hydrogen (secondary N) is 2. The molecule has 1 aliphatic heterocycles. The molecule has 24 heavy (non-hydrogen) atoms. The van der Waals surface area contributed by atoms with Crippen LogP contribution in [0.25, 0.3) is 11.0 Å². The molecule has 1 atom stereocenters. The molecule has 0 saturated carbocycles. The van der Waals surface area contributed by atoms with Crippen molar-refractivity contribution in [1.82, 2.24) is 25.3 Å². The molecule has 4 heterocycles. The van der Waals surface area contributed by atoms with Gasteiger partial charge in [0.1, 0.15) is 17.9 Å². The summed E-state index contributed by atoms with van der Waals surface area (Å²) in [5.41, 5.74) is 2.11. The number of aromatic nitrogens is 4. The van der Waals surface area contributed by atoms with Crippen LogP contribution < -0.4 is 15.4 Å². The van der Waals surface area contributed by atoms with Gasteiger partial charge in [0.25, 0.3) is 0 Å². The van der Waals surface area contributed by atoms with Gasteiger partial charge >= 0.3 is 0 Å². The fourth-order valence-corrected chi connectivity index (χ4v) is 2.77. The number of halogens is 1. The maximum absolute atomic E-state index is 5.97. The first-order chi connectivity index (χ1) is 11.8. The lowest BCUT2D eigenvalue weighted by molar-refractivity contribution is 0.215. The van der Waals surface area contributed by atoms with Crippen LogP contribution in [0, 0.1) is 0 Å². The topological polar surface area (TPSA) is 84.9 Å². The predicted molar refractivity (Wildman–Crippen MR) is 91.8 cm³/mol. The van der Waals surface area contributed by atoms with Crippen molar-refractivity contribution in [3.8, 4) is 5.88 Å². The number of hydrogen-bond donors (Lipinski definition) is 2. The lowest BCUT2D eigenvalue weighted by Gasteiger charge is -2.13. The molecule has 8 heteroatoms. The second-order valence-electron chi connectivity index (χ2n) is 5.49. The van der Waals surface area contributed by atoms with Gasteiger partial charge in [-0.05, 0) is 25.1 Å². The summed E-state index contributed by atoms with van der Waals surface area (Å²) in [5.74, 6) is 1.15. The summed E-state index contributed by atoms with van der Waals surface area (Å²) in [6.07, 6.45) is 5.86. The minimum Gasteiger partial charge on any atom is -0.473 e. The minimum absolute atomic E-state index is 0.146. The van der Waals surface area contributed by atoms with E-state index in [1.54, 1.807) is 18.5 Å². The van der Waals surface area contributed by atoms with Gasteiger partial charge in [-0.2, -0.15) is 0 Å². The second-order valence-corrected chi connectivity index (χ2v) is 5.93. The quantitative estimate of drug-likeness (QED) is 0.753. The summed E-state index contributed by atoms with van der Waals surface area (Å²) in [6, 6.07) is 5.48. The number of nitrogens with zero attached hydrogens (tertiary/aromatic N) is 4. The smallest absolute Gasteiger partial charge is 0.214 e. The van der Waals surface area contributed by atoms with Gasteiger partial charge in [0.05, 0.1) is 22.4 Å². The molecule has 0 bridgehead atoms. The molecule has 0 unspecified atom stereocenters. The Hall–Kier alpha value is -2.51. The van der Waals surface area contributed by atoms with E-state index in [4.69, 9.17) is 16.3 Å². The van der Waals surface area contributed by atoms with Crippen molar-refractivity contribution in [3.63, 3.8) is 0 Å². The summed E-state index contributed by atoms with van der Waals surface area (Å²) in [7, 11) is 0. The molecule has 3 aromatic rings. The van der Waals surface area contributed by atoms with E-state index in [-0.39, 0.29) is 6.10 Å². The predicted octanol–water partition coefficient (Wildman–Crippen LogP) is 2.56. The third-order valence-electron chi connectivity index (χ3n) is 3.73. The molecular weight excluding hydrogens is 328 g/mol. The standard InChI is InChI=1S/C16H15ClN6O/c17-10-5-11(7-19-6-10)22-16-15-13(20-9-21-16)1-2-14(23-15)24-12-3-4-18-8-12/h1-2,5-7,9,12,18H,3-4,8H2,(H,20,21,22)/t12-/m0/s1. The van der Waals surface area contributed by atoms with Crippen LogP contribution in [0.5, 0.6) is 5.88 Å². The SMILES string of the molecule is Clc1cncc(Nc2ncnc3ccc(O[C@H]4CCNC4)nc23)c1. The van der Waals surface area contributed by atoms with Crippen molar-refractivity contribution < 1.29 is 4.74 Å². The zero-order chi connectivity index (χ0) is 16.4. The van der Waals surface area contributed by atoms with E-state index in [9.17, 15) is 0 Å². The lowest BCUT2D eigenvalue weighted by Crippen LogP contribution is -2.20. The van der Waals surface area contributed by atoms with Gasteiger partial charge in [-0.25, -0.2) is 15.0 Å². The number of fused-ring (bicyclic) bond motifs is 1. The van der Waals surface area contributed by atoms with E-state index in [0.717, 1.165) is 30.7 Å². The van der Waals surface area contributed by atoms with Crippen molar-refractivity contribution in [2.45, 2.75) is 12.5 Å². The summed E-state index contributed by atoms with van der Waals surface area (Å²) < 4.78 is 5.92. The molecule has 0 spiro atoms. The zero-order valence-corrected chi connectivity index (χ0v) is 13.5. The summed E-state index contributed by atoms with van der Waals surface area (Å²) in [5, 5.41) is 7.00. The molecule has 2 N–H and O–H groups in total. The highest BCUT2D eigenvalue weighted by molar-refractivity contribution is 6.30. The Balaban J connectivity index is 1.66. The first-order valence-electron chi connectivity index (χ1n) is 7.65. The Morgan fingerprint density at radius 3 is 3.04 bits per heavy atom. The Kier molecular flexibility index (Phi) is 4.10. The van der Waals surface area contributed by atoms with Gasteiger partial charge in [-0.15, -0.1) is 0 Å². The maximum atomic E-state index is 5.97. The Bertz CT molecular complexity index is 868. The van der Waals surface area contributed by atoms with Crippen LogP contribution in [0.15, 0.2) is 36.9 Å². The number of anilines is 2. The third kappa shape index (κ3) is 3.22. The second kappa shape index (κ2) is 6.54. The van der Waals surface area contributed by atoms with Crippen LogP contribution in [0.2, 0.25) is 5.02 Å². The molecule has 0 amide bonds. The Morgan fingerprint density at radius 1 is 1.25 bits per heavy atom. The van der Waals surface area contributed by atoms with Crippen molar-refractivity contribution in [2.24, 2.45) is 0 Å². The van der Waals surface area contributed by atoms with Gasteiger partial charge in [0.2, 0.25) is 5.88 Å². The summed E-state index contributed by atoms with van der Waals surface area (Å²) in [4.78, 5) is 17.2. The molecule has 1 fully saturated rings. The molecule has 3 aromatic heterocycles. The first-order valence-corrected chi connectivity index (χ1v) is 8.02. The van der Waals surface area contributed by atoms with Gasteiger partial charge < -0.3 is 15.4 Å². The van der Waals surface area contributed by atoms with Gasteiger partial charge in [-0.1, -0.05) is 11.6 Å². The molecule has 0 aliphatic carbocycles. The van der Waals surface area contributed by atoms with Crippen LogP contribution in [0.3, 0.4) is 0 Å². The normalized spacial score (nSPS) is 17.1. The van der Waals surface area contributed by atoms with Crippen LogP contribution in [0.4, 0.5) is 11.5 Å².